The molecule has 0 aliphatic rings. The Kier molecular flexibility index (Phi) is 4.49. The first kappa shape index (κ1) is 14.8. The molecule has 0 spiro atoms. The molecule has 1 aromatic carbocycles. The van der Waals surface area contributed by atoms with Gasteiger partial charge in [-0.3, -0.25) is 0 Å². The second-order valence-electron chi connectivity index (χ2n) is 4.16. The van der Waals surface area contributed by atoms with Gasteiger partial charge in [-0.05, 0) is 24.3 Å². The topological polar surface area (TPSA) is 122 Å². The number of benzene rings is 1. The van der Waals surface area contributed by atoms with Crippen molar-refractivity contribution in [3.8, 4) is 29.7 Å². The van der Waals surface area contributed by atoms with Gasteiger partial charge in [0.05, 0.1) is 0 Å². The van der Waals surface area contributed by atoms with Crippen LogP contribution in [0.15, 0.2) is 40.1 Å². The molecule has 0 saturated carbocycles. The molecule has 0 fully saturated rings. The predicted molar refractivity (Wildman–Crippen MR) is 76.6 cm³/mol. The summed E-state index contributed by atoms with van der Waals surface area (Å²) in [6.07, 6.45) is 0.685. The molecule has 0 bridgehead atoms. The third kappa shape index (κ3) is 3.09. The van der Waals surface area contributed by atoms with Crippen LogP contribution >= 0.6 is 0 Å². The van der Waals surface area contributed by atoms with Gasteiger partial charge >= 0.3 is 0 Å². The number of anilines is 1. The molecule has 0 atom stereocenters. The maximum atomic E-state index is 8.98. The van der Waals surface area contributed by atoms with Gasteiger partial charge in [0.15, 0.2) is 11.4 Å². The number of rotatable bonds is 4. The molecular formula is C15H10N6O. The maximum Gasteiger partial charge on any atom is 0.257 e. The Morgan fingerprint density at radius 1 is 1.14 bits per heavy atom. The number of aryl methyl sites for hydroxylation is 1. The van der Waals surface area contributed by atoms with Crippen LogP contribution in [0, 0.1) is 34.0 Å². The van der Waals surface area contributed by atoms with Gasteiger partial charge in [0.25, 0.3) is 5.89 Å². The molecule has 0 saturated heterocycles. The van der Waals surface area contributed by atoms with Crippen molar-refractivity contribution in [3.63, 3.8) is 0 Å². The Morgan fingerprint density at radius 2 is 1.82 bits per heavy atom. The smallest absolute Gasteiger partial charge is 0.257 e. The van der Waals surface area contributed by atoms with Gasteiger partial charge in [0.1, 0.15) is 23.9 Å². The Bertz CT molecular complexity index is 811. The summed E-state index contributed by atoms with van der Waals surface area (Å²) < 4.78 is 5.13. The summed E-state index contributed by atoms with van der Waals surface area (Å²) in [5.74, 6) is 1.04. The van der Waals surface area contributed by atoms with Crippen LogP contribution < -0.4 is 5.32 Å². The van der Waals surface area contributed by atoms with Crippen molar-refractivity contribution in [3.05, 3.63) is 41.4 Å². The molecule has 7 heteroatoms. The molecular weight excluding hydrogens is 280 g/mol. The van der Waals surface area contributed by atoms with Crippen LogP contribution in [0.2, 0.25) is 0 Å². The van der Waals surface area contributed by atoms with Gasteiger partial charge in [0.2, 0.25) is 0 Å². The van der Waals surface area contributed by atoms with Crippen molar-refractivity contribution in [1.82, 2.24) is 10.1 Å². The molecule has 2 rings (SSSR count). The van der Waals surface area contributed by atoms with Crippen LogP contribution in [-0.2, 0) is 6.42 Å². The fraction of sp³-hybridized carbons (Fsp3) is 0.133. The first-order valence-electron chi connectivity index (χ1n) is 6.36. The van der Waals surface area contributed by atoms with Crippen molar-refractivity contribution < 1.29 is 4.52 Å². The van der Waals surface area contributed by atoms with E-state index in [0.717, 1.165) is 5.56 Å². The molecule has 1 heterocycles. The normalized spacial score (nSPS) is 9.18. The Hall–Kier alpha value is -3.63. The van der Waals surface area contributed by atoms with Crippen molar-refractivity contribution in [2.24, 2.45) is 0 Å². The first-order valence-corrected chi connectivity index (χ1v) is 6.36. The van der Waals surface area contributed by atoms with Crippen LogP contribution in [0.1, 0.15) is 12.7 Å². The molecule has 0 aliphatic heterocycles. The van der Waals surface area contributed by atoms with Crippen molar-refractivity contribution in [2.75, 3.05) is 5.32 Å². The average molecular weight is 290 g/mol. The lowest BCUT2D eigenvalue weighted by Gasteiger charge is -2.04. The van der Waals surface area contributed by atoms with Crippen molar-refractivity contribution in [2.45, 2.75) is 13.3 Å². The summed E-state index contributed by atoms with van der Waals surface area (Å²) in [4.78, 5) is 4.21. The quantitative estimate of drug-likeness (QED) is 0.858. The van der Waals surface area contributed by atoms with E-state index in [9.17, 15) is 0 Å². The van der Waals surface area contributed by atoms with E-state index < -0.39 is 0 Å². The molecule has 0 aliphatic carbocycles. The number of hydrogen-bond donors (Lipinski definition) is 1. The van der Waals surface area contributed by atoms with Gasteiger partial charge in [-0.2, -0.15) is 20.8 Å². The molecule has 22 heavy (non-hydrogen) atoms. The van der Waals surface area contributed by atoms with Gasteiger partial charge in [-0.1, -0.05) is 12.1 Å². The molecule has 0 amide bonds. The number of allylic oxidation sites excluding steroid dienone is 2. The second-order valence-corrected chi connectivity index (χ2v) is 4.16. The number of nitrogens with one attached hydrogen (secondary N) is 1. The lowest BCUT2D eigenvalue weighted by molar-refractivity contribution is 0.423. The first-order chi connectivity index (χ1) is 10.7. The molecule has 106 valence electrons. The number of nitriles is 3. The van der Waals surface area contributed by atoms with Crippen LogP contribution in [0.25, 0.3) is 11.5 Å². The summed E-state index contributed by atoms with van der Waals surface area (Å²) in [6.45, 7) is 1.93. The van der Waals surface area contributed by atoms with Crippen LogP contribution in [0.5, 0.6) is 0 Å². The lowest BCUT2D eigenvalue weighted by atomic mass is 10.2. The van der Waals surface area contributed by atoms with E-state index in [1.807, 2.05) is 6.92 Å². The van der Waals surface area contributed by atoms with E-state index >= 15 is 0 Å². The van der Waals surface area contributed by atoms with Gasteiger partial charge in [-0.15, -0.1) is 0 Å². The SMILES string of the molecule is CCc1noc(-c2ccc(NC(C#N)=C(C#N)C#N)cc2)n1. The predicted octanol–water partition coefficient (Wildman–Crippen LogP) is 2.54. The zero-order valence-corrected chi connectivity index (χ0v) is 11.7. The Morgan fingerprint density at radius 3 is 2.32 bits per heavy atom. The minimum absolute atomic E-state index is 0.0937. The van der Waals surface area contributed by atoms with Crippen LogP contribution in [-0.4, -0.2) is 10.1 Å². The zero-order valence-electron chi connectivity index (χ0n) is 11.7. The monoisotopic (exact) mass is 290 g/mol. The Balaban J connectivity index is 2.23. The molecule has 7 nitrogen and oxygen atoms in total. The largest absolute Gasteiger partial charge is 0.345 e. The average Bonchev–Trinajstić information content (AvgIpc) is 3.04. The highest BCUT2D eigenvalue weighted by atomic mass is 16.5. The minimum atomic E-state index is -0.268. The summed E-state index contributed by atoms with van der Waals surface area (Å²) in [5, 5.41) is 33.1. The highest BCUT2D eigenvalue weighted by molar-refractivity contribution is 5.62. The van der Waals surface area contributed by atoms with Gasteiger partial charge in [-0.25, -0.2) is 0 Å². The number of nitrogens with zero attached hydrogens (tertiary/aromatic N) is 5. The highest BCUT2D eigenvalue weighted by Crippen LogP contribution is 2.21. The molecule has 0 radical (unpaired) electrons. The summed E-state index contributed by atoms with van der Waals surface area (Å²) >= 11 is 0. The van der Waals surface area contributed by atoms with E-state index in [4.69, 9.17) is 20.3 Å². The van der Waals surface area contributed by atoms with Crippen LogP contribution in [0.4, 0.5) is 5.69 Å². The fourth-order valence-electron chi connectivity index (χ4n) is 1.64. The standard InChI is InChI=1S/C15H10N6O/c1-2-14-20-15(22-21-14)10-3-5-12(6-4-10)19-13(9-18)11(7-16)8-17/h3-6,19H,2H2,1H3. The van der Waals surface area contributed by atoms with E-state index in [1.165, 1.54) is 0 Å². The molecule has 1 N–H and O–H groups in total. The second kappa shape index (κ2) is 6.69. The van der Waals surface area contributed by atoms with E-state index in [0.29, 0.717) is 23.8 Å². The van der Waals surface area contributed by atoms with E-state index in [2.05, 4.69) is 15.5 Å². The third-order valence-electron chi connectivity index (χ3n) is 2.77. The Labute approximate surface area is 126 Å². The maximum absolute atomic E-state index is 8.98. The summed E-state index contributed by atoms with van der Waals surface area (Å²) in [5.41, 5.74) is 0.944. The third-order valence-corrected chi connectivity index (χ3v) is 2.77. The van der Waals surface area contributed by atoms with Crippen molar-refractivity contribution in [1.29, 1.82) is 15.8 Å². The number of aromatic nitrogens is 2. The summed E-state index contributed by atoms with van der Waals surface area (Å²) in [7, 11) is 0. The molecule has 0 unspecified atom stereocenters. The lowest BCUT2D eigenvalue weighted by Crippen LogP contribution is -2.00. The number of hydrogen-bond acceptors (Lipinski definition) is 7. The van der Waals surface area contributed by atoms with E-state index in [1.54, 1.807) is 42.5 Å². The van der Waals surface area contributed by atoms with Crippen LogP contribution in [0.3, 0.4) is 0 Å². The van der Waals surface area contributed by atoms with E-state index in [-0.39, 0.29) is 11.3 Å². The molecule has 2 aromatic rings. The zero-order chi connectivity index (χ0) is 15.9. The van der Waals surface area contributed by atoms with Crippen molar-refractivity contribution >= 4 is 5.69 Å². The summed E-state index contributed by atoms with van der Waals surface area (Å²) in [6, 6.07) is 12.0. The van der Waals surface area contributed by atoms with Gasteiger partial charge < -0.3 is 9.84 Å². The fourth-order valence-corrected chi connectivity index (χ4v) is 1.64. The highest BCUT2D eigenvalue weighted by Gasteiger charge is 2.09. The van der Waals surface area contributed by atoms with Gasteiger partial charge in [0, 0.05) is 17.7 Å². The minimum Gasteiger partial charge on any atom is -0.345 e. The molecule has 1 aromatic heterocycles.